The summed E-state index contributed by atoms with van der Waals surface area (Å²) in [5, 5.41) is 2.99. The minimum Gasteiger partial charge on any atom is -0.378 e. The Balaban J connectivity index is 1.57. The number of fused-ring (bicyclic) bond motifs is 2. The maximum atomic E-state index is 14.3. The molecule has 0 bridgehead atoms. The standard InChI is InChI=1S/C22H22FN5O2S/c23-16-2-1-14(15-3-4-24-18(15)16)19-21-20(17(13-31-21)27-5-9-29-10-6-27)26-22(25-19)28-7-11-30-12-8-28/h1-4,13,24H,5-12H2. The van der Waals surface area contributed by atoms with Crippen molar-refractivity contribution in [2.45, 2.75) is 0 Å². The lowest BCUT2D eigenvalue weighted by molar-refractivity contribution is 0.122. The summed E-state index contributed by atoms with van der Waals surface area (Å²) in [4.78, 5) is 17.5. The molecule has 2 aliphatic heterocycles. The topological polar surface area (TPSA) is 66.5 Å². The molecule has 0 saturated carbocycles. The number of benzene rings is 1. The van der Waals surface area contributed by atoms with Gasteiger partial charge in [0.1, 0.15) is 11.3 Å². The molecule has 2 aliphatic rings. The maximum Gasteiger partial charge on any atom is 0.226 e. The molecule has 7 nitrogen and oxygen atoms in total. The fourth-order valence-electron chi connectivity index (χ4n) is 4.34. The van der Waals surface area contributed by atoms with Crippen molar-refractivity contribution >= 4 is 44.1 Å². The fraction of sp³-hybridized carbons (Fsp3) is 0.364. The average Bonchev–Trinajstić information content (AvgIpc) is 3.48. The summed E-state index contributed by atoms with van der Waals surface area (Å²) in [5.74, 6) is 0.439. The lowest BCUT2D eigenvalue weighted by atomic mass is 10.1. The second-order valence-electron chi connectivity index (χ2n) is 7.73. The number of halogens is 1. The number of thiophene rings is 1. The molecule has 2 fully saturated rings. The van der Waals surface area contributed by atoms with Crippen molar-refractivity contribution in [2.75, 3.05) is 62.4 Å². The Morgan fingerprint density at radius 3 is 2.45 bits per heavy atom. The number of H-pyrrole nitrogens is 1. The molecular weight excluding hydrogens is 417 g/mol. The number of hydrogen-bond acceptors (Lipinski definition) is 7. The van der Waals surface area contributed by atoms with Gasteiger partial charge >= 0.3 is 0 Å². The molecule has 4 aromatic rings. The van der Waals surface area contributed by atoms with Gasteiger partial charge in [-0.15, -0.1) is 11.3 Å². The average molecular weight is 440 g/mol. The third-order valence-corrected chi connectivity index (χ3v) is 6.92. The summed E-state index contributed by atoms with van der Waals surface area (Å²) >= 11 is 1.65. The van der Waals surface area contributed by atoms with Crippen LogP contribution < -0.4 is 9.80 Å². The van der Waals surface area contributed by atoms with Crippen LogP contribution >= 0.6 is 11.3 Å². The molecular formula is C22H22FN5O2S. The van der Waals surface area contributed by atoms with Crippen molar-refractivity contribution in [3.05, 3.63) is 35.6 Å². The van der Waals surface area contributed by atoms with Crippen molar-refractivity contribution in [1.82, 2.24) is 15.0 Å². The molecule has 0 spiro atoms. The minimum absolute atomic E-state index is 0.261. The molecule has 9 heteroatoms. The first-order valence-electron chi connectivity index (χ1n) is 10.5. The molecule has 31 heavy (non-hydrogen) atoms. The largest absolute Gasteiger partial charge is 0.378 e. The van der Waals surface area contributed by atoms with Gasteiger partial charge in [-0.05, 0) is 18.2 Å². The Morgan fingerprint density at radius 1 is 0.935 bits per heavy atom. The number of hydrogen-bond donors (Lipinski definition) is 1. The highest BCUT2D eigenvalue weighted by Gasteiger charge is 2.24. The van der Waals surface area contributed by atoms with Crippen LogP contribution in [0.15, 0.2) is 29.8 Å². The highest BCUT2D eigenvalue weighted by Crippen LogP contribution is 2.41. The highest BCUT2D eigenvalue weighted by molar-refractivity contribution is 7.18. The molecule has 3 aromatic heterocycles. The molecule has 0 unspecified atom stereocenters. The predicted octanol–water partition coefficient (Wildman–Crippen LogP) is 3.65. The first-order valence-corrected chi connectivity index (χ1v) is 11.4. The summed E-state index contributed by atoms with van der Waals surface area (Å²) in [6.45, 7) is 5.95. The second kappa shape index (κ2) is 7.74. The van der Waals surface area contributed by atoms with Crippen LogP contribution in [0, 0.1) is 5.82 Å². The first kappa shape index (κ1) is 19.0. The van der Waals surface area contributed by atoms with Gasteiger partial charge in [-0.25, -0.2) is 14.4 Å². The third-order valence-electron chi connectivity index (χ3n) is 5.96. The summed E-state index contributed by atoms with van der Waals surface area (Å²) < 4.78 is 26.4. The Bertz CT molecular complexity index is 1240. The van der Waals surface area contributed by atoms with Gasteiger partial charge in [-0.3, -0.25) is 0 Å². The number of ether oxygens (including phenoxy) is 2. The summed E-state index contributed by atoms with van der Waals surface area (Å²) in [6, 6.07) is 5.24. The molecule has 2 saturated heterocycles. The summed E-state index contributed by atoms with van der Waals surface area (Å²) in [5.41, 5.74) is 4.33. The van der Waals surface area contributed by atoms with Crippen LogP contribution in [0.1, 0.15) is 0 Å². The smallest absolute Gasteiger partial charge is 0.226 e. The van der Waals surface area contributed by atoms with E-state index in [1.54, 1.807) is 17.5 Å². The van der Waals surface area contributed by atoms with Crippen molar-refractivity contribution in [1.29, 1.82) is 0 Å². The molecule has 1 aromatic carbocycles. The maximum absolute atomic E-state index is 14.3. The van der Waals surface area contributed by atoms with Crippen LogP contribution in [-0.4, -0.2) is 67.6 Å². The van der Waals surface area contributed by atoms with Crippen LogP contribution in [0.2, 0.25) is 0 Å². The molecule has 160 valence electrons. The number of nitrogens with one attached hydrogen (secondary N) is 1. The Kier molecular flexibility index (Phi) is 4.74. The van der Waals surface area contributed by atoms with Gasteiger partial charge in [0.2, 0.25) is 5.95 Å². The SMILES string of the molecule is Fc1ccc(-c2nc(N3CCOCC3)nc3c(N4CCOCC4)csc23)c2cc[nH]c12. The van der Waals surface area contributed by atoms with Crippen molar-refractivity contribution < 1.29 is 13.9 Å². The summed E-state index contributed by atoms with van der Waals surface area (Å²) in [6.07, 6.45) is 1.77. The van der Waals surface area contributed by atoms with Crippen molar-refractivity contribution in [3.63, 3.8) is 0 Å². The molecule has 6 rings (SSSR count). The zero-order valence-electron chi connectivity index (χ0n) is 16.9. The van der Waals surface area contributed by atoms with E-state index < -0.39 is 0 Å². The second-order valence-corrected chi connectivity index (χ2v) is 8.61. The number of anilines is 2. The molecule has 0 radical (unpaired) electrons. The molecule has 0 amide bonds. The highest BCUT2D eigenvalue weighted by atomic mass is 32.1. The zero-order chi connectivity index (χ0) is 20.8. The van der Waals surface area contributed by atoms with Crippen LogP contribution in [0.5, 0.6) is 0 Å². The third kappa shape index (κ3) is 3.24. The number of nitrogens with zero attached hydrogens (tertiary/aromatic N) is 4. The number of morpholine rings is 2. The Morgan fingerprint density at radius 2 is 1.68 bits per heavy atom. The van der Waals surface area contributed by atoms with Gasteiger partial charge in [0.25, 0.3) is 0 Å². The lowest BCUT2D eigenvalue weighted by Crippen LogP contribution is -2.37. The molecule has 1 N–H and O–H groups in total. The van der Waals surface area contributed by atoms with Gasteiger partial charge in [-0.2, -0.15) is 0 Å². The van der Waals surface area contributed by atoms with E-state index in [1.165, 1.54) is 6.07 Å². The lowest BCUT2D eigenvalue weighted by Gasteiger charge is -2.29. The van der Waals surface area contributed by atoms with E-state index in [0.29, 0.717) is 37.9 Å². The summed E-state index contributed by atoms with van der Waals surface area (Å²) in [7, 11) is 0. The molecule has 0 aliphatic carbocycles. The first-order chi connectivity index (χ1) is 15.3. The quantitative estimate of drug-likeness (QED) is 0.526. The van der Waals surface area contributed by atoms with Gasteiger partial charge in [-0.1, -0.05) is 0 Å². The van der Waals surface area contributed by atoms with E-state index in [1.807, 2.05) is 12.1 Å². The van der Waals surface area contributed by atoms with E-state index in [0.717, 1.165) is 58.7 Å². The van der Waals surface area contributed by atoms with E-state index in [-0.39, 0.29) is 5.82 Å². The van der Waals surface area contributed by atoms with E-state index >= 15 is 0 Å². The van der Waals surface area contributed by atoms with Gasteiger partial charge in [0.15, 0.2) is 0 Å². The zero-order valence-corrected chi connectivity index (χ0v) is 17.8. The Hall–Kier alpha value is -2.75. The molecule has 5 heterocycles. The van der Waals surface area contributed by atoms with Crippen LogP contribution in [-0.2, 0) is 9.47 Å². The van der Waals surface area contributed by atoms with E-state index in [4.69, 9.17) is 19.4 Å². The number of rotatable bonds is 3. The van der Waals surface area contributed by atoms with Crippen molar-refractivity contribution in [2.24, 2.45) is 0 Å². The van der Waals surface area contributed by atoms with E-state index in [2.05, 4.69) is 20.2 Å². The monoisotopic (exact) mass is 439 g/mol. The van der Waals surface area contributed by atoms with Gasteiger partial charge < -0.3 is 24.3 Å². The number of aromatic amines is 1. The van der Waals surface area contributed by atoms with Crippen LogP contribution in [0.25, 0.3) is 32.4 Å². The fourth-order valence-corrected chi connectivity index (χ4v) is 5.36. The van der Waals surface area contributed by atoms with Crippen LogP contribution in [0.3, 0.4) is 0 Å². The minimum atomic E-state index is -0.261. The predicted molar refractivity (Wildman–Crippen MR) is 121 cm³/mol. The van der Waals surface area contributed by atoms with Gasteiger partial charge in [0.05, 0.1) is 48.0 Å². The van der Waals surface area contributed by atoms with Gasteiger partial charge in [0, 0.05) is 48.7 Å². The molecule has 0 atom stereocenters. The number of aromatic nitrogens is 3. The normalized spacial score (nSPS) is 17.7. The Labute approximate surface area is 182 Å². The van der Waals surface area contributed by atoms with E-state index in [9.17, 15) is 4.39 Å². The van der Waals surface area contributed by atoms with Crippen molar-refractivity contribution in [3.8, 4) is 11.3 Å². The van der Waals surface area contributed by atoms with Crippen LogP contribution in [0.4, 0.5) is 16.0 Å².